The van der Waals surface area contributed by atoms with E-state index in [-0.39, 0.29) is 10.7 Å². The van der Waals surface area contributed by atoms with Crippen molar-refractivity contribution in [3.05, 3.63) is 29.6 Å². The minimum atomic E-state index is -0.231. The van der Waals surface area contributed by atoms with Crippen molar-refractivity contribution in [2.75, 3.05) is 6.54 Å². The number of carbonyl (C=O) groups is 1. The predicted molar refractivity (Wildman–Crippen MR) is 59.7 cm³/mol. The van der Waals surface area contributed by atoms with Crippen molar-refractivity contribution in [2.24, 2.45) is 0 Å². The van der Waals surface area contributed by atoms with Gasteiger partial charge in [0.2, 0.25) is 0 Å². The number of nitriles is 1. The number of nitrogens with one attached hydrogen (secondary N) is 1. The molecule has 0 saturated carbocycles. The Hall–Kier alpha value is -1.41. The molecule has 0 aromatic carbocycles. The lowest BCUT2D eigenvalue weighted by Gasteiger charge is -2.05. The summed E-state index contributed by atoms with van der Waals surface area (Å²) < 4.78 is 0. The van der Waals surface area contributed by atoms with Gasteiger partial charge >= 0.3 is 0 Å². The van der Waals surface area contributed by atoms with Crippen LogP contribution in [0.4, 0.5) is 0 Å². The van der Waals surface area contributed by atoms with Crippen LogP contribution in [0.25, 0.3) is 0 Å². The van der Waals surface area contributed by atoms with Crippen molar-refractivity contribution in [1.29, 1.82) is 5.26 Å². The molecule has 0 radical (unpaired) electrons. The second-order valence-corrected chi connectivity index (χ2v) is 4.60. The zero-order valence-electron chi connectivity index (χ0n) is 8.20. The van der Waals surface area contributed by atoms with Crippen molar-refractivity contribution >= 4 is 21.8 Å². The first-order valence-corrected chi connectivity index (χ1v) is 5.33. The molecule has 0 aliphatic carbocycles. The third kappa shape index (κ3) is 3.68. The third-order valence-electron chi connectivity index (χ3n) is 1.67. The number of alkyl halides is 1. The Bertz CT molecular complexity index is 381. The number of pyridine rings is 1. The highest BCUT2D eigenvalue weighted by Crippen LogP contribution is 1.99. The summed E-state index contributed by atoms with van der Waals surface area (Å²) in [5.74, 6) is -0.231. The Balaban J connectivity index is 2.63. The van der Waals surface area contributed by atoms with Crippen LogP contribution in [0.1, 0.15) is 23.0 Å². The van der Waals surface area contributed by atoms with Crippen LogP contribution in [0.15, 0.2) is 18.3 Å². The minimum absolute atomic E-state index is 0.222. The molecule has 78 valence electrons. The molecular formula is C10H10BrN3O. The zero-order valence-corrected chi connectivity index (χ0v) is 9.78. The summed E-state index contributed by atoms with van der Waals surface area (Å²) in [7, 11) is 0. The lowest BCUT2D eigenvalue weighted by atomic mass is 10.2. The van der Waals surface area contributed by atoms with E-state index in [0.29, 0.717) is 17.8 Å². The van der Waals surface area contributed by atoms with E-state index in [4.69, 9.17) is 5.26 Å². The van der Waals surface area contributed by atoms with Gasteiger partial charge in [-0.2, -0.15) is 5.26 Å². The Kier molecular flexibility index (Phi) is 4.25. The maximum absolute atomic E-state index is 11.5. The standard InChI is InChI=1S/C10H10BrN3O/c1-7(11)5-14-10(15)9-3-2-8(4-12)6-13-9/h2-3,6-7H,5H2,1H3,(H,14,15). The van der Waals surface area contributed by atoms with E-state index in [2.05, 4.69) is 26.2 Å². The first-order valence-electron chi connectivity index (χ1n) is 4.42. The fraction of sp³-hybridized carbons (Fsp3) is 0.300. The van der Waals surface area contributed by atoms with Crippen LogP contribution in [-0.2, 0) is 0 Å². The number of amides is 1. The molecule has 1 aromatic heterocycles. The SMILES string of the molecule is CC(Br)CNC(=O)c1ccc(C#N)cn1. The second-order valence-electron chi connectivity index (χ2n) is 3.03. The van der Waals surface area contributed by atoms with Crippen LogP contribution in [0.2, 0.25) is 0 Å². The maximum atomic E-state index is 11.5. The van der Waals surface area contributed by atoms with Crippen molar-refractivity contribution < 1.29 is 4.79 Å². The summed E-state index contributed by atoms with van der Waals surface area (Å²) in [4.78, 5) is 15.6. The maximum Gasteiger partial charge on any atom is 0.269 e. The highest BCUT2D eigenvalue weighted by atomic mass is 79.9. The molecule has 0 spiro atoms. The van der Waals surface area contributed by atoms with Crippen molar-refractivity contribution in [3.8, 4) is 6.07 Å². The van der Waals surface area contributed by atoms with Gasteiger partial charge in [0.05, 0.1) is 5.56 Å². The Morgan fingerprint density at radius 3 is 2.93 bits per heavy atom. The zero-order chi connectivity index (χ0) is 11.3. The van der Waals surface area contributed by atoms with Crippen molar-refractivity contribution in [1.82, 2.24) is 10.3 Å². The molecule has 1 unspecified atom stereocenters. The van der Waals surface area contributed by atoms with E-state index in [9.17, 15) is 4.79 Å². The lowest BCUT2D eigenvalue weighted by Crippen LogP contribution is -2.28. The average molecular weight is 268 g/mol. The first-order chi connectivity index (χ1) is 7.13. The topological polar surface area (TPSA) is 65.8 Å². The van der Waals surface area contributed by atoms with Gasteiger partial charge in [0.25, 0.3) is 5.91 Å². The second kappa shape index (κ2) is 5.47. The smallest absolute Gasteiger partial charge is 0.269 e. The quantitative estimate of drug-likeness (QED) is 0.844. The van der Waals surface area contributed by atoms with Gasteiger partial charge in [0.15, 0.2) is 0 Å². The molecule has 0 aliphatic rings. The van der Waals surface area contributed by atoms with Crippen LogP contribution in [0, 0.1) is 11.3 Å². The summed E-state index contributed by atoms with van der Waals surface area (Å²) in [5.41, 5.74) is 0.766. The van der Waals surface area contributed by atoms with E-state index in [1.807, 2.05) is 13.0 Å². The van der Waals surface area contributed by atoms with Gasteiger partial charge in [-0.15, -0.1) is 0 Å². The van der Waals surface area contributed by atoms with E-state index >= 15 is 0 Å². The molecule has 1 aromatic rings. The van der Waals surface area contributed by atoms with Crippen molar-refractivity contribution in [2.45, 2.75) is 11.8 Å². The average Bonchev–Trinajstić information content (AvgIpc) is 2.26. The first kappa shape index (κ1) is 11.7. The fourth-order valence-corrected chi connectivity index (χ4v) is 1.08. The van der Waals surface area contributed by atoms with Gasteiger partial charge in [-0.1, -0.05) is 22.9 Å². The van der Waals surface area contributed by atoms with Crippen LogP contribution in [0.5, 0.6) is 0 Å². The number of aromatic nitrogens is 1. The molecule has 1 heterocycles. The highest BCUT2D eigenvalue weighted by Gasteiger charge is 2.07. The summed E-state index contributed by atoms with van der Waals surface area (Å²) in [5, 5.41) is 11.3. The van der Waals surface area contributed by atoms with E-state index in [1.54, 1.807) is 6.07 Å². The third-order valence-corrected chi connectivity index (χ3v) is 1.99. The highest BCUT2D eigenvalue weighted by molar-refractivity contribution is 9.09. The number of hydrogen-bond donors (Lipinski definition) is 1. The van der Waals surface area contributed by atoms with Crippen LogP contribution < -0.4 is 5.32 Å². The van der Waals surface area contributed by atoms with E-state index in [0.717, 1.165) is 0 Å². The summed E-state index contributed by atoms with van der Waals surface area (Å²) >= 11 is 3.32. The fourth-order valence-electron chi connectivity index (χ4n) is 0.918. The van der Waals surface area contributed by atoms with Gasteiger partial charge in [-0.05, 0) is 12.1 Å². The van der Waals surface area contributed by atoms with Gasteiger partial charge in [-0.3, -0.25) is 4.79 Å². The van der Waals surface area contributed by atoms with E-state index < -0.39 is 0 Å². The minimum Gasteiger partial charge on any atom is -0.350 e. The molecule has 1 amide bonds. The van der Waals surface area contributed by atoms with E-state index in [1.165, 1.54) is 12.3 Å². The molecule has 4 nitrogen and oxygen atoms in total. The number of halogens is 1. The molecule has 1 atom stereocenters. The number of nitrogens with zero attached hydrogens (tertiary/aromatic N) is 2. The number of carbonyl (C=O) groups excluding carboxylic acids is 1. The Labute approximate surface area is 96.4 Å². The lowest BCUT2D eigenvalue weighted by molar-refractivity contribution is 0.0949. The molecule has 5 heteroatoms. The van der Waals surface area contributed by atoms with Gasteiger partial charge in [-0.25, -0.2) is 4.98 Å². The molecule has 0 fully saturated rings. The Morgan fingerprint density at radius 2 is 2.47 bits per heavy atom. The monoisotopic (exact) mass is 267 g/mol. The van der Waals surface area contributed by atoms with Crippen LogP contribution in [0.3, 0.4) is 0 Å². The Morgan fingerprint density at radius 1 is 1.73 bits per heavy atom. The number of hydrogen-bond acceptors (Lipinski definition) is 3. The van der Waals surface area contributed by atoms with Gasteiger partial charge in [0.1, 0.15) is 11.8 Å². The molecule has 0 bridgehead atoms. The molecule has 0 saturated heterocycles. The summed E-state index contributed by atoms with van der Waals surface area (Å²) in [6.45, 7) is 2.48. The summed E-state index contributed by atoms with van der Waals surface area (Å²) in [6, 6.07) is 5.05. The molecule has 0 aliphatic heterocycles. The predicted octanol–water partition coefficient (Wildman–Crippen LogP) is 1.47. The van der Waals surface area contributed by atoms with Crippen molar-refractivity contribution in [3.63, 3.8) is 0 Å². The molecule has 1 rings (SSSR count). The van der Waals surface area contributed by atoms with Crippen LogP contribution in [-0.4, -0.2) is 22.3 Å². The molecule has 1 N–H and O–H groups in total. The summed E-state index contributed by atoms with van der Waals surface area (Å²) in [6.07, 6.45) is 1.38. The van der Waals surface area contributed by atoms with Crippen LogP contribution >= 0.6 is 15.9 Å². The normalized spacial score (nSPS) is 11.5. The number of rotatable bonds is 3. The molecule has 15 heavy (non-hydrogen) atoms. The molecular weight excluding hydrogens is 258 g/mol. The largest absolute Gasteiger partial charge is 0.350 e. The van der Waals surface area contributed by atoms with Gasteiger partial charge in [0, 0.05) is 17.6 Å². The van der Waals surface area contributed by atoms with Gasteiger partial charge < -0.3 is 5.32 Å².